The molecule has 0 spiro atoms. The third-order valence-corrected chi connectivity index (χ3v) is 7.14. The maximum atomic E-state index is 12.9. The lowest BCUT2D eigenvalue weighted by Crippen LogP contribution is -2.14. The van der Waals surface area contributed by atoms with Crippen LogP contribution in [-0.4, -0.2) is 34.2 Å². The molecule has 0 saturated carbocycles. The number of aromatic nitrogens is 3. The zero-order valence-electron chi connectivity index (χ0n) is 10.4. The number of hydrogen-bond acceptors (Lipinski definition) is 3. The molecular weight excluding hydrogens is 232 g/mol. The molecule has 1 rings (SSSR count). The molecule has 0 N–H and O–H groups in total. The molecule has 0 radical (unpaired) electrons. The molecule has 0 fully saturated rings. The molecule has 0 aliphatic rings. The van der Waals surface area contributed by atoms with Crippen LogP contribution in [-0.2, 0) is 17.3 Å². The lowest BCUT2D eigenvalue weighted by atomic mass is 10.0. The fourth-order valence-electron chi connectivity index (χ4n) is 1.65. The summed E-state index contributed by atoms with van der Waals surface area (Å²) in [5.41, 5.74) is 1.40. The minimum atomic E-state index is -2.22. The minimum Gasteiger partial charge on any atom is -0.321 e. The summed E-state index contributed by atoms with van der Waals surface area (Å²) in [4.78, 5) is 0. The van der Waals surface area contributed by atoms with Crippen molar-refractivity contribution in [2.75, 3.05) is 0 Å². The smallest absolute Gasteiger partial charge is 0.155 e. The summed E-state index contributed by atoms with van der Waals surface area (Å²) >= 11 is 0. The van der Waals surface area contributed by atoms with Crippen LogP contribution in [0, 0.1) is 6.32 Å². The fraction of sp³-hybridized carbons (Fsp3) is 0.727. The van der Waals surface area contributed by atoms with Gasteiger partial charge in [-0.15, -0.1) is 11.4 Å². The fourth-order valence-corrected chi connectivity index (χ4v) is 4.09. The quantitative estimate of drug-likeness (QED) is 0.439. The van der Waals surface area contributed by atoms with Crippen LogP contribution < -0.4 is 0 Å². The van der Waals surface area contributed by atoms with Crippen LogP contribution >= 0.6 is 7.14 Å². The Bertz CT molecular complexity index is 391. The molecule has 0 saturated heterocycles. The highest BCUT2D eigenvalue weighted by molar-refractivity contribution is 7.64. The summed E-state index contributed by atoms with van der Waals surface area (Å²) in [5.74, 6) is 0. The van der Waals surface area contributed by atoms with Crippen LogP contribution in [0.3, 0.4) is 0 Å². The maximum Gasteiger partial charge on any atom is 0.155 e. The summed E-state index contributed by atoms with van der Waals surface area (Å²) in [6.45, 7) is 8.14. The highest BCUT2D eigenvalue weighted by atomic mass is 31.2. The normalized spacial score (nSPS) is 12.4. The Morgan fingerprint density at radius 1 is 1.41 bits per heavy atom. The van der Waals surface area contributed by atoms with E-state index in [1.54, 1.807) is 4.68 Å². The number of rotatable bonds is 6. The summed E-state index contributed by atoms with van der Waals surface area (Å²) in [6.07, 6.45) is 5.67. The predicted molar refractivity (Wildman–Crippen MR) is 75.8 cm³/mol. The van der Waals surface area contributed by atoms with E-state index in [1.807, 2.05) is 33.9 Å². The van der Waals surface area contributed by atoms with Gasteiger partial charge >= 0.3 is 0 Å². The largest absolute Gasteiger partial charge is 0.321 e. The summed E-state index contributed by atoms with van der Waals surface area (Å²) in [5, 5.41) is 8.20. The van der Waals surface area contributed by atoms with Crippen molar-refractivity contribution < 1.29 is 4.57 Å². The summed E-state index contributed by atoms with van der Waals surface area (Å²) < 4.78 is 14.6. The highest BCUT2D eigenvalue weighted by Crippen LogP contribution is 2.56. The highest BCUT2D eigenvalue weighted by Gasteiger charge is 2.31. The van der Waals surface area contributed by atoms with Crippen LogP contribution in [0.2, 0.25) is 0 Å². The molecule has 6 heteroatoms. The molecule has 96 valence electrons. The molecule has 1 aromatic rings. The minimum absolute atomic E-state index is 0.200. The maximum absolute atomic E-state index is 12.9. The van der Waals surface area contributed by atoms with Gasteiger partial charge in [0.1, 0.15) is 12.8 Å². The van der Waals surface area contributed by atoms with E-state index in [4.69, 9.17) is 0 Å². The SMILES string of the molecule is [BH3-][CH+]Cc1cn(CP(=O)(C(C)C)C(C)C)nn1. The van der Waals surface area contributed by atoms with Gasteiger partial charge in [0.25, 0.3) is 0 Å². The van der Waals surface area contributed by atoms with E-state index >= 15 is 0 Å². The van der Waals surface area contributed by atoms with E-state index in [0.29, 0.717) is 14.1 Å². The van der Waals surface area contributed by atoms with E-state index in [-0.39, 0.29) is 11.3 Å². The Morgan fingerprint density at radius 3 is 2.47 bits per heavy atom. The van der Waals surface area contributed by atoms with Gasteiger partial charge < -0.3 is 4.57 Å². The molecule has 0 amide bonds. The van der Waals surface area contributed by atoms with Crippen LogP contribution in [0.4, 0.5) is 0 Å². The molecule has 0 aliphatic heterocycles. The zero-order valence-corrected chi connectivity index (χ0v) is 11.3. The van der Waals surface area contributed by atoms with Gasteiger partial charge in [0, 0.05) is 11.3 Å². The first kappa shape index (κ1) is 14.4. The summed E-state index contributed by atoms with van der Waals surface area (Å²) in [6, 6.07) is 0. The van der Waals surface area contributed by atoms with Gasteiger partial charge in [0.05, 0.1) is 18.9 Å². The summed E-state index contributed by atoms with van der Waals surface area (Å²) in [7, 11) is -1.90. The van der Waals surface area contributed by atoms with Crippen LogP contribution in [0.15, 0.2) is 6.20 Å². The Hall–Kier alpha value is -0.695. The standard InChI is InChI=1S/C11H23BN3OP/c1-9(2)17(16,10(3)4)8-15-7-11(5-6-12)13-14-15/h6-7,9-10H,5,8H2,1-4,12H3. The first-order valence-corrected chi connectivity index (χ1v) is 7.60. The van der Waals surface area contributed by atoms with Crippen molar-refractivity contribution in [3.8, 4) is 0 Å². The second-order valence-electron chi connectivity index (χ2n) is 4.64. The number of nitrogens with zero attached hydrogens (tertiary/aromatic N) is 3. The molecule has 17 heavy (non-hydrogen) atoms. The van der Waals surface area contributed by atoms with Crippen molar-refractivity contribution in [2.45, 2.75) is 51.7 Å². The van der Waals surface area contributed by atoms with Crippen molar-refractivity contribution >= 4 is 15.0 Å². The Kier molecular flexibility index (Phi) is 4.87. The molecule has 1 heterocycles. The molecule has 4 nitrogen and oxygen atoms in total. The zero-order chi connectivity index (χ0) is 13.1. The van der Waals surface area contributed by atoms with Gasteiger partial charge in [-0.3, -0.25) is 0 Å². The van der Waals surface area contributed by atoms with Gasteiger partial charge in [-0.25, -0.2) is 4.68 Å². The van der Waals surface area contributed by atoms with Crippen molar-refractivity contribution in [3.63, 3.8) is 0 Å². The van der Waals surface area contributed by atoms with Crippen molar-refractivity contribution in [3.05, 3.63) is 18.2 Å². The van der Waals surface area contributed by atoms with Crippen LogP contribution in [0.5, 0.6) is 0 Å². The van der Waals surface area contributed by atoms with Crippen molar-refractivity contribution in [1.29, 1.82) is 0 Å². The second kappa shape index (κ2) is 5.77. The predicted octanol–water partition coefficient (Wildman–Crippen LogP) is 1.49. The van der Waals surface area contributed by atoms with Gasteiger partial charge in [-0.1, -0.05) is 32.9 Å². The average molecular weight is 255 g/mol. The van der Waals surface area contributed by atoms with E-state index in [0.717, 1.165) is 12.1 Å². The van der Waals surface area contributed by atoms with Crippen molar-refractivity contribution in [1.82, 2.24) is 15.0 Å². The molecule has 0 atom stereocenters. The molecule has 0 unspecified atom stereocenters. The van der Waals surface area contributed by atoms with E-state index in [2.05, 4.69) is 16.6 Å². The monoisotopic (exact) mass is 255 g/mol. The third kappa shape index (κ3) is 3.38. The number of hydrogen-bond donors (Lipinski definition) is 0. The van der Waals surface area contributed by atoms with Crippen LogP contribution in [0.25, 0.3) is 0 Å². The van der Waals surface area contributed by atoms with E-state index in [1.165, 1.54) is 0 Å². The van der Waals surface area contributed by atoms with Gasteiger partial charge in [-0.05, 0) is 0 Å². The lowest BCUT2D eigenvalue weighted by molar-refractivity contribution is 0.542. The molecule has 1 aromatic heterocycles. The Morgan fingerprint density at radius 2 is 2.00 bits per heavy atom. The molecule has 0 aromatic carbocycles. The first-order valence-electron chi connectivity index (χ1n) is 5.57. The molecular formula is C11H23BN3OP. The lowest BCUT2D eigenvalue weighted by Gasteiger charge is -2.25. The van der Waals surface area contributed by atoms with E-state index in [9.17, 15) is 4.57 Å². The van der Waals surface area contributed by atoms with Crippen LogP contribution in [0.1, 0.15) is 33.4 Å². The van der Waals surface area contributed by atoms with Gasteiger partial charge in [-0.2, -0.15) is 0 Å². The topological polar surface area (TPSA) is 47.8 Å². The van der Waals surface area contributed by atoms with Crippen molar-refractivity contribution in [2.24, 2.45) is 0 Å². The van der Waals surface area contributed by atoms with Gasteiger partial charge in [0.2, 0.25) is 0 Å². The third-order valence-electron chi connectivity index (χ3n) is 2.91. The Balaban J connectivity index is 2.83. The molecule has 0 bridgehead atoms. The van der Waals surface area contributed by atoms with E-state index < -0.39 is 7.14 Å². The average Bonchev–Trinajstić information content (AvgIpc) is 2.65. The first-order chi connectivity index (χ1) is 7.90. The Labute approximate surface area is 105 Å². The molecule has 0 aliphatic carbocycles. The van der Waals surface area contributed by atoms with Gasteiger partial charge in [0.15, 0.2) is 7.85 Å². The second-order valence-corrected chi connectivity index (χ2v) is 8.69.